The zero-order chi connectivity index (χ0) is 47.4. The first-order valence-electron chi connectivity index (χ1n) is 23.9. The Morgan fingerprint density at radius 2 is 0.750 bits per heavy atom. The van der Waals surface area contributed by atoms with Crippen LogP contribution < -0.4 is 0 Å². The average Bonchev–Trinajstić information content (AvgIpc) is 4.19. The molecule has 15 aromatic rings. The molecule has 0 atom stereocenters. The Morgan fingerprint density at radius 3 is 1.25 bits per heavy atom. The van der Waals surface area contributed by atoms with Gasteiger partial charge in [-0.1, -0.05) is 164 Å². The molecule has 0 spiro atoms. The Morgan fingerprint density at radius 1 is 0.333 bits per heavy atom. The average molecular weight is 921 g/mol. The minimum absolute atomic E-state index is 0.417. The van der Waals surface area contributed by atoms with Gasteiger partial charge in [0.2, 0.25) is 0 Å². The Hall–Kier alpha value is -10.1. The third kappa shape index (κ3) is 5.89. The van der Waals surface area contributed by atoms with Crippen LogP contribution in [-0.4, -0.2) is 24.1 Å². The van der Waals surface area contributed by atoms with Gasteiger partial charge in [0.15, 0.2) is 17.5 Å². The predicted molar refractivity (Wildman–Crippen MR) is 290 cm³/mol. The molecule has 0 aliphatic carbocycles. The molecule has 0 radical (unpaired) electrons. The molecule has 0 bridgehead atoms. The van der Waals surface area contributed by atoms with Crippen molar-refractivity contribution in [3.05, 3.63) is 224 Å². The van der Waals surface area contributed by atoms with E-state index in [9.17, 15) is 5.26 Å². The number of rotatable bonds is 6. The summed E-state index contributed by atoms with van der Waals surface area (Å²) < 4.78 is 17.9. The molecule has 0 fully saturated rings. The van der Waals surface area contributed by atoms with Crippen molar-refractivity contribution in [1.82, 2.24) is 24.1 Å². The lowest BCUT2D eigenvalue weighted by Crippen LogP contribution is -2.10. The minimum atomic E-state index is 0.417. The third-order valence-electron chi connectivity index (χ3n) is 14.2. The summed E-state index contributed by atoms with van der Waals surface area (Å²) >= 11 is 0. The highest BCUT2D eigenvalue weighted by molar-refractivity contribution is 6.20. The molecule has 5 heterocycles. The quantitative estimate of drug-likeness (QED) is 0.165. The van der Waals surface area contributed by atoms with Crippen molar-refractivity contribution in [1.29, 1.82) is 5.26 Å². The second-order valence-corrected chi connectivity index (χ2v) is 18.2. The zero-order valence-corrected chi connectivity index (χ0v) is 38.3. The number of furan rings is 2. The first kappa shape index (κ1) is 39.9. The van der Waals surface area contributed by atoms with Crippen molar-refractivity contribution in [2.24, 2.45) is 0 Å². The van der Waals surface area contributed by atoms with Gasteiger partial charge < -0.3 is 18.0 Å². The molecule has 10 aromatic carbocycles. The van der Waals surface area contributed by atoms with Crippen LogP contribution in [-0.2, 0) is 0 Å². The van der Waals surface area contributed by atoms with Gasteiger partial charge in [-0.25, -0.2) is 15.0 Å². The van der Waals surface area contributed by atoms with Crippen LogP contribution in [0.3, 0.4) is 0 Å². The highest BCUT2D eigenvalue weighted by Crippen LogP contribution is 2.49. The molecule has 0 N–H and O–H groups in total. The summed E-state index contributed by atoms with van der Waals surface area (Å²) in [6.45, 7) is 0. The highest BCUT2D eigenvalue weighted by Gasteiger charge is 2.30. The van der Waals surface area contributed by atoms with Gasteiger partial charge in [-0.05, 0) is 48.0 Å². The summed E-state index contributed by atoms with van der Waals surface area (Å²) in [6.07, 6.45) is 0. The normalized spacial score (nSPS) is 11.9. The standard InChI is InChI=1S/C64H36N6O2/c65-37-41-32-50(64-67-62(39-20-6-2-7-21-39)66-63(68-64)40-22-8-3-9-23-40)61(70-52-29-15-11-25-43(52)47-34-49-45-27-13-17-31-56(45)72-58(49)36-54(47)70)59(38-18-4-1-5-19-38)60(41)69-51-28-14-10-24-42(51)46-33-48-44-26-12-16-30-55(44)71-57(48)35-53(46)69/h1-36H. The molecule has 8 heteroatoms. The SMILES string of the molecule is N#Cc1cc(-c2nc(-c3ccccc3)nc(-c3ccccc3)n2)c(-n2c3ccccc3c3cc4c(cc32)oc2ccccc24)c(-c2ccccc2)c1-n1c2ccccc2c2cc3c(cc21)oc1ccccc13. The summed E-state index contributed by atoms with van der Waals surface area (Å²) in [4.78, 5) is 15.9. The van der Waals surface area contributed by atoms with Gasteiger partial charge in [0.25, 0.3) is 0 Å². The lowest BCUT2D eigenvalue weighted by atomic mass is 9.93. The maximum Gasteiger partial charge on any atom is 0.166 e. The van der Waals surface area contributed by atoms with E-state index >= 15 is 0 Å². The molecule has 15 rings (SSSR count). The van der Waals surface area contributed by atoms with E-state index in [0.717, 1.165) is 115 Å². The maximum atomic E-state index is 11.8. The molecule has 0 unspecified atom stereocenters. The fraction of sp³-hybridized carbons (Fsp3) is 0. The fourth-order valence-corrected chi connectivity index (χ4v) is 11.0. The topological polar surface area (TPSA) is 98.6 Å². The Kier molecular flexibility index (Phi) is 8.55. The Labute approximate surface area is 410 Å². The zero-order valence-electron chi connectivity index (χ0n) is 38.3. The molecule has 334 valence electrons. The second-order valence-electron chi connectivity index (χ2n) is 18.2. The lowest BCUT2D eigenvalue weighted by molar-refractivity contribution is 0.669. The molecular weight excluding hydrogens is 885 g/mol. The summed E-state index contributed by atoms with van der Waals surface area (Å²) in [5.74, 6) is 1.44. The van der Waals surface area contributed by atoms with E-state index in [0.29, 0.717) is 34.3 Å². The number of para-hydroxylation sites is 4. The molecular formula is C64H36N6O2. The molecule has 8 nitrogen and oxygen atoms in total. The van der Waals surface area contributed by atoms with E-state index in [-0.39, 0.29) is 0 Å². The number of nitriles is 1. The number of fused-ring (bicyclic) bond motifs is 12. The number of hydrogen-bond acceptors (Lipinski definition) is 6. The number of nitrogens with zero attached hydrogens (tertiary/aromatic N) is 6. The Balaban J connectivity index is 1.16. The Bertz CT molecular complexity index is 4690. The van der Waals surface area contributed by atoms with E-state index < -0.39 is 0 Å². The third-order valence-corrected chi connectivity index (χ3v) is 14.2. The smallest absolute Gasteiger partial charge is 0.166 e. The van der Waals surface area contributed by atoms with Crippen LogP contribution in [0.15, 0.2) is 227 Å². The highest BCUT2D eigenvalue weighted by atomic mass is 16.3. The molecule has 5 aromatic heterocycles. The first-order chi connectivity index (χ1) is 35.7. The number of benzene rings is 10. The molecule has 72 heavy (non-hydrogen) atoms. The van der Waals surface area contributed by atoms with Gasteiger partial charge in [-0.3, -0.25) is 0 Å². The summed E-state index contributed by atoms with van der Waals surface area (Å²) in [6, 6.07) is 77.2. The predicted octanol–water partition coefficient (Wildman–Crippen LogP) is 16.4. The van der Waals surface area contributed by atoms with Crippen LogP contribution in [0.4, 0.5) is 0 Å². The van der Waals surface area contributed by atoms with E-state index in [4.69, 9.17) is 23.8 Å². The van der Waals surface area contributed by atoms with Crippen molar-refractivity contribution in [3.63, 3.8) is 0 Å². The minimum Gasteiger partial charge on any atom is -0.456 e. The molecule has 0 saturated carbocycles. The van der Waals surface area contributed by atoms with Gasteiger partial charge in [0.1, 0.15) is 28.4 Å². The van der Waals surface area contributed by atoms with Gasteiger partial charge in [-0.2, -0.15) is 5.26 Å². The fourth-order valence-electron chi connectivity index (χ4n) is 11.0. The summed E-state index contributed by atoms with van der Waals surface area (Å²) in [5, 5.41) is 20.2. The van der Waals surface area contributed by atoms with E-state index in [2.05, 4.69) is 130 Å². The molecule has 0 saturated heterocycles. The van der Waals surface area contributed by atoms with Crippen LogP contribution in [0.1, 0.15) is 5.56 Å². The largest absolute Gasteiger partial charge is 0.456 e. The van der Waals surface area contributed by atoms with Crippen molar-refractivity contribution < 1.29 is 8.83 Å². The number of hydrogen-bond donors (Lipinski definition) is 0. The van der Waals surface area contributed by atoms with Crippen LogP contribution >= 0.6 is 0 Å². The van der Waals surface area contributed by atoms with Crippen LogP contribution in [0.5, 0.6) is 0 Å². The molecule has 0 amide bonds. The number of aromatic nitrogens is 5. The van der Waals surface area contributed by atoms with Crippen LogP contribution in [0, 0.1) is 11.3 Å². The summed E-state index contributed by atoms with van der Waals surface area (Å²) in [7, 11) is 0. The molecule has 0 aliphatic rings. The van der Waals surface area contributed by atoms with Gasteiger partial charge in [-0.15, -0.1) is 0 Å². The van der Waals surface area contributed by atoms with Crippen LogP contribution in [0.25, 0.3) is 144 Å². The van der Waals surface area contributed by atoms with E-state index in [1.165, 1.54) is 0 Å². The van der Waals surface area contributed by atoms with Gasteiger partial charge >= 0.3 is 0 Å². The van der Waals surface area contributed by atoms with Gasteiger partial charge in [0.05, 0.1) is 39.0 Å². The lowest BCUT2D eigenvalue weighted by Gasteiger charge is -2.24. The van der Waals surface area contributed by atoms with E-state index in [1.54, 1.807) is 0 Å². The maximum absolute atomic E-state index is 11.8. The van der Waals surface area contributed by atoms with Crippen LogP contribution in [0.2, 0.25) is 0 Å². The van der Waals surface area contributed by atoms with E-state index in [1.807, 2.05) is 103 Å². The van der Waals surface area contributed by atoms with Crippen molar-refractivity contribution in [3.8, 4) is 62.7 Å². The molecule has 0 aliphatic heterocycles. The van der Waals surface area contributed by atoms with Crippen molar-refractivity contribution in [2.45, 2.75) is 0 Å². The monoisotopic (exact) mass is 920 g/mol. The van der Waals surface area contributed by atoms with Gasteiger partial charge in [0, 0.05) is 77.5 Å². The summed E-state index contributed by atoms with van der Waals surface area (Å²) in [5.41, 5.74) is 12.9. The first-order valence-corrected chi connectivity index (χ1v) is 23.9. The van der Waals surface area contributed by atoms with Crippen molar-refractivity contribution in [2.75, 3.05) is 0 Å². The van der Waals surface area contributed by atoms with Crippen molar-refractivity contribution >= 4 is 87.5 Å². The second kappa shape index (κ2) is 15.5.